The normalized spacial score (nSPS) is 29.5. The summed E-state index contributed by atoms with van der Waals surface area (Å²) in [4.78, 5) is 11.5. The summed E-state index contributed by atoms with van der Waals surface area (Å²) in [6.45, 7) is 9.04. The maximum Gasteiger partial charge on any atom is 0.155 e. The standard InChI is InChI=1S/C15H26O/c1-5-7-13(16)9-10-14-12(2)8-6-11-15(14,3)4/h9-10,12,14H,5-8,11H2,1-4H3/t12-,14+/m1/s1. The van der Waals surface area contributed by atoms with Crippen molar-refractivity contribution >= 4 is 5.78 Å². The molecule has 2 atom stereocenters. The van der Waals surface area contributed by atoms with Crippen LogP contribution < -0.4 is 0 Å². The Kier molecular flexibility index (Phi) is 4.76. The van der Waals surface area contributed by atoms with Crippen LogP contribution in [0.4, 0.5) is 0 Å². The van der Waals surface area contributed by atoms with Gasteiger partial charge in [-0.25, -0.2) is 0 Å². The molecule has 0 aromatic heterocycles. The highest BCUT2D eigenvalue weighted by Gasteiger charge is 2.34. The van der Waals surface area contributed by atoms with E-state index in [1.807, 2.05) is 6.08 Å². The molecule has 1 fully saturated rings. The summed E-state index contributed by atoms with van der Waals surface area (Å²) in [5.41, 5.74) is 0.362. The number of hydrogen-bond acceptors (Lipinski definition) is 1. The molecule has 92 valence electrons. The molecule has 0 amide bonds. The first-order chi connectivity index (χ1) is 7.47. The second-order valence-corrected chi connectivity index (χ2v) is 5.96. The fourth-order valence-electron chi connectivity index (χ4n) is 2.99. The summed E-state index contributed by atoms with van der Waals surface area (Å²) in [5.74, 6) is 1.58. The van der Waals surface area contributed by atoms with Crippen molar-refractivity contribution in [3.63, 3.8) is 0 Å². The zero-order valence-corrected chi connectivity index (χ0v) is 11.3. The van der Waals surface area contributed by atoms with E-state index in [9.17, 15) is 4.79 Å². The van der Waals surface area contributed by atoms with Gasteiger partial charge in [0.1, 0.15) is 0 Å². The van der Waals surface area contributed by atoms with Crippen molar-refractivity contribution in [3.8, 4) is 0 Å². The lowest BCUT2D eigenvalue weighted by molar-refractivity contribution is -0.114. The minimum absolute atomic E-state index is 0.288. The fraction of sp³-hybridized carbons (Fsp3) is 0.800. The van der Waals surface area contributed by atoms with E-state index in [4.69, 9.17) is 0 Å². The smallest absolute Gasteiger partial charge is 0.155 e. The molecule has 0 unspecified atom stereocenters. The second kappa shape index (κ2) is 5.65. The average molecular weight is 222 g/mol. The predicted molar refractivity (Wildman–Crippen MR) is 69.3 cm³/mol. The Morgan fingerprint density at radius 2 is 2.12 bits per heavy atom. The first kappa shape index (κ1) is 13.5. The van der Waals surface area contributed by atoms with E-state index in [-0.39, 0.29) is 5.78 Å². The minimum Gasteiger partial charge on any atom is -0.295 e. The molecule has 0 spiro atoms. The largest absolute Gasteiger partial charge is 0.295 e. The van der Waals surface area contributed by atoms with Crippen LogP contribution in [0, 0.1) is 17.3 Å². The number of carbonyl (C=O) groups is 1. The SMILES string of the molecule is CCCC(=O)C=C[C@H]1[C@H](C)CCCC1(C)C. The van der Waals surface area contributed by atoms with Crippen LogP contribution in [0.3, 0.4) is 0 Å². The molecule has 1 nitrogen and oxygen atoms in total. The number of rotatable bonds is 4. The molecular formula is C15H26O. The third kappa shape index (κ3) is 3.47. The van der Waals surface area contributed by atoms with E-state index >= 15 is 0 Å². The van der Waals surface area contributed by atoms with Crippen molar-refractivity contribution in [2.75, 3.05) is 0 Å². The second-order valence-electron chi connectivity index (χ2n) is 5.96. The van der Waals surface area contributed by atoms with Gasteiger partial charge in [0, 0.05) is 6.42 Å². The Labute approximate surface area is 100 Å². The summed E-state index contributed by atoms with van der Waals surface area (Å²) in [5, 5.41) is 0. The summed E-state index contributed by atoms with van der Waals surface area (Å²) in [7, 11) is 0. The monoisotopic (exact) mass is 222 g/mol. The van der Waals surface area contributed by atoms with E-state index in [0.29, 0.717) is 17.8 Å². The van der Waals surface area contributed by atoms with Crippen LogP contribution in [0.5, 0.6) is 0 Å². The van der Waals surface area contributed by atoms with Crippen molar-refractivity contribution in [3.05, 3.63) is 12.2 Å². The average Bonchev–Trinajstić information content (AvgIpc) is 2.16. The Morgan fingerprint density at radius 1 is 1.44 bits per heavy atom. The van der Waals surface area contributed by atoms with Gasteiger partial charge in [-0.1, -0.05) is 46.6 Å². The van der Waals surface area contributed by atoms with Gasteiger partial charge in [-0.05, 0) is 36.2 Å². The topological polar surface area (TPSA) is 17.1 Å². The Morgan fingerprint density at radius 3 is 2.69 bits per heavy atom. The Hall–Kier alpha value is -0.590. The number of hydrogen-bond donors (Lipinski definition) is 0. The molecule has 0 heterocycles. The van der Waals surface area contributed by atoms with E-state index in [1.165, 1.54) is 19.3 Å². The maximum absolute atomic E-state index is 11.5. The minimum atomic E-state index is 0.288. The zero-order valence-electron chi connectivity index (χ0n) is 11.3. The number of ketones is 1. The van der Waals surface area contributed by atoms with Gasteiger partial charge in [-0.15, -0.1) is 0 Å². The number of carbonyl (C=O) groups excluding carboxylic acids is 1. The lowest BCUT2D eigenvalue weighted by atomic mass is 9.64. The first-order valence-electron chi connectivity index (χ1n) is 6.68. The Balaban J connectivity index is 2.65. The first-order valence-corrected chi connectivity index (χ1v) is 6.68. The molecule has 0 N–H and O–H groups in total. The highest BCUT2D eigenvalue weighted by atomic mass is 16.1. The molecule has 0 saturated heterocycles. The number of allylic oxidation sites excluding steroid dienone is 2. The predicted octanol–water partition coefficient (Wildman–Crippen LogP) is 4.37. The van der Waals surface area contributed by atoms with Crippen LogP contribution in [0.15, 0.2) is 12.2 Å². The molecule has 0 aromatic rings. The van der Waals surface area contributed by atoms with E-state index in [2.05, 4.69) is 33.8 Å². The van der Waals surface area contributed by atoms with Gasteiger partial charge >= 0.3 is 0 Å². The molecule has 1 heteroatoms. The molecule has 1 rings (SSSR count). The van der Waals surface area contributed by atoms with Gasteiger partial charge in [0.25, 0.3) is 0 Å². The van der Waals surface area contributed by atoms with Crippen LogP contribution in [0.1, 0.15) is 59.8 Å². The van der Waals surface area contributed by atoms with Crippen LogP contribution in [0.25, 0.3) is 0 Å². The summed E-state index contributed by atoms with van der Waals surface area (Å²) in [6, 6.07) is 0. The lowest BCUT2D eigenvalue weighted by Gasteiger charge is -2.41. The van der Waals surface area contributed by atoms with Gasteiger partial charge in [-0.2, -0.15) is 0 Å². The van der Waals surface area contributed by atoms with Crippen LogP contribution in [-0.2, 0) is 4.79 Å². The zero-order chi connectivity index (χ0) is 12.2. The van der Waals surface area contributed by atoms with Crippen LogP contribution >= 0.6 is 0 Å². The Bertz CT molecular complexity index is 263. The van der Waals surface area contributed by atoms with E-state index in [1.54, 1.807) is 0 Å². The van der Waals surface area contributed by atoms with Gasteiger partial charge in [0.15, 0.2) is 5.78 Å². The molecule has 0 radical (unpaired) electrons. The summed E-state index contributed by atoms with van der Waals surface area (Å²) < 4.78 is 0. The molecule has 16 heavy (non-hydrogen) atoms. The highest BCUT2D eigenvalue weighted by molar-refractivity contribution is 5.89. The van der Waals surface area contributed by atoms with Crippen molar-refractivity contribution in [2.45, 2.75) is 59.8 Å². The van der Waals surface area contributed by atoms with E-state index in [0.717, 1.165) is 12.3 Å². The summed E-state index contributed by atoms with van der Waals surface area (Å²) in [6.07, 6.45) is 9.58. The molecular weight excluding hydrogens is 196 g/mol. The summed E-state index contributed by atoms with van der Waals surface area (Å²) >= 11 is 0. The quantitative estimate of drug-likeness (QED) is 0.645. The third-order valence-corrected chi connectivity index (χ3v) is 3.98. The molecule has 1 aliphatic carbocycles. The van der Waals surface area contributed by atoms with Crippen LogP contribution in [-0.4, -0.2) is 5.78 Å². The van der Waals surface area contributed by atoms with Gasteiger partial charge in [-0.3, -0.25) is 4.79 Å². The van der Waals surface area contributed by atoms with Crippen molar-refractivity contribution in [2.24, 2.45) is 17.3 Å². The molecule has 1 saturated carbocycles. The lowest BCUT2D eigenvalue weighted by Crippen LogP contribution is -2.32. The van der Waals surface area contributed by atoms with Crippen molar-refractivity contribution in [1.82, 2.24) is 0 Å². The van der Waals surface area contributed by atoms with Gasteiger partial charge in [0.05, 0.1) is 0 Å². The molecule has 0 aromatic carbocycles. The fourth-order valence-corrected chi connectivity index (χ4v) is 2.99. The van der Waals surface area contributed by atoms with Crippen molar-refractivity contribution in [1.29, 1.82) is 0 Å². The molecule has 1 aliphatic rings. The molecule has 0 aliphatic heterocycles. The molecule has 0 bridgehead atoms. The third-order valence-electron chi connectivity index (χ3n) is 3.98. The van der Waals surface area contributed by atoms with Crippen LogP contribution in [0.2, 0.25) is 0 Å². The van der Waals surface area contributed by atoms with Crippen molar-refractivity contribution < 1.29 is 4.79 Å². The van der Waals surface area contributed by atoms with Gasteiger partial charge < -0.3 is 0 Å². The van der Waals surface area contributed by atoms with E-state index < -0.39 is 0 Å². The maximum atomic E-state index is 11.5. The van der Waals surface area contributed by atoms with Gasteiger partial charge in [0.2, 0.25) is 0 Å². The highest BCUT2D eigenvalue weighted by Crippen LogP contribution is 2.44.